The average molecular weight is 471 g/mol. The topological polar surface area (TPSA) is 90.0 Å². The number of amides is 2. The molecule has 0 spiro atoms. The molecule has 33 heavy (non-hydrogen) atoms. The van der Waals surface area contributed by atoms with Crippen LogP contribution < -0.4 is 10.2 Å². The van der Waals surface area contributed by atoms with Gasteiger partial charge >= 0.3 is 0 Å². The Morgan fingerprint density at radius 3 is 2.39 bits per heavy atom. The van der Waals surface area contributed by atoms with Gasteiger partial charge in [0.15, 0.2) is 0 Å². The number of sulfonamides is 1. The highest BCUT2D eigenvalue weighted by Crippen LogP contribution is 2.25. The molecule has 2 aromatic rings. The summed E-state index contributed by atoms with van der Waals surface area (Å²) < 4.78 is 27.6. The third-order valence-electron chi connectivity index (χ3n) is 6.48. The van der Waals surface area contributed by atoms with E-state index in [4.69, 9.17) is 0 Å². The fourth-order valence-corrected chi connectivity index (χ4v) is 5.79. The molecule has 176 valence electrons. The van der Waals surface area contributed by atoms with Gasteiger partial charge in [0.25, 0.3) is 5.91 Å². The predicted molar refractivity (Wildman–Crippen MR) is 128 cm³/mol. The van der Waals surface area contributed by atoms with E-state index in [0.717, 1.165) is 32.4 Å². The molecule has 2 saturated heterocycles. The summed E-state index contributed by atoms with van der Waals surface area (Å²) in [5.74, 6) is -0.253. The minimum absolute atomic E-state index is 0.0136. The van der Waals surface area contributed by atoms with Crippen LogP contribution in [0, 0.1) is 0 Å². The van der Waals surface area contributed by atoms with Gasteiger partial charge in [-0.05, 0) is 81.9 Å². The second kappa shape index (κ2) is 9.62. The maximum atomic E-state index is 13.1. The number of benzene rings is 2. The van der Waals surface area contributed by atoms with Crippen LogP contribution in [0.15, 0.2) is 53.4 Å². The smallest absolute Gasteiger partial charge is 0.255 e. The summed E-state index contributed by atoms with van der Waals surface area (Å²) in [6.45, 7) is 2.41. The Bertz CT molecular complexity index is 1130. The Labute approximate surface area is 195 Å². The SMILES string of the molecule is CN1CCC(N(C)S(=O)(=O)c2ccc(NC(=O)c3cccc(N4CCCC4=O)c3)cc2)CC1. The number of nitrogens with zero attached hydrogens (tertiary/aromatic N) is 3. The van der Waals surface area contributed by atoms with Crippen molar-refractivity contribution in [3.05, 3.63) is 54.1 Å². The summed E-state index contributed by atoms with van der Waals surface area (Å²) in [6, 6.07) is 13.2. The van der Waals surface area contributed by atoms with E-state index < -0.39 is 10.0 Å². The maximum Gasteiger partial charge on any atom is 0.255 e. The van der Waals surface area contributed by atoms with Crippen LogP contribution in [0.2, 0.25) is 0 Å². The predicted octanol–water partition coefficient (Wildman–Crippen LogP) is 2.78. The molecule has 4 rings (SSSR count). The third-order valence-corrected chi connectivity index (χ3v) is 8.41. The van der Waals surface area contributed by atoms with E-state index in [0.29, 0.717) is 29.9 Å². The highest BCUT2D eigenvalue weighted by atomic mass is 32.2. The van der Waals surface area contributed by atoms with Crippen molar-refractivity contribution in [2.24, 2.45) is 0 Å². The number of anilines is 2. The van der Waals surface area contributed by atoms with Crippen LogP contribution in [0.3, 0.4) is 0 Å². The molecular formula is C24H30N4O4S. The van der Waals surface area contributed by atoms with Crippen molar-refractivity contribution >= 4 is 33.2 Å². The van der Waals surface area contributed by atoms with Gasteiger partial charge in [0.1, 0.15) is 0 Å². The lowest BCUT2D eigenvalue weighted by atomic mass is 10.1. The maximum absolute atomic E-state index is 13.1. The number of hydrogen-bond donors (Lipinski definition) is 1. The van der Waals surface area contributed by atoms with Gasteiger partial charge in [-0.3, -0.25) is 9.59 Å². The molecule has 0 aliphatic carbocycles. The van der Waals surface area contributed by atoms with Crippen LogP contribution in [0.1, 0.15) is 36.0 Å². The monoisotopic (exact) mass is 470 g/mol. The lowest BCUT2D eigenvalue weighted by Crippen LogP contribution is -2.44. The Hall–Kier alpha value is -2.75. The number of nitrogens with one attached hydrogen (secondary N) is 1. The molecule has 9 heteroatoms. The molecule has 0 atom stereocenters. The molecule has 2 heterocycles. The molecule has 0 saturated carbocycles. The number of piperidine rings is 1. The van der Waals surface area contributed by atoms with Crippen LogP contribution >= 0.6 is 0 Å². The van der Waals surface area contributed by atoms with Gasteiger partial charge in [-0.2, -0.15) is 4.31 Å². The standard InChI is InChI=1S/C24H30N4O4S/c1-26-15-12-20(13-16-26)27(2)33(31,32)22-10-8-19(9-11-22)25-24(30)18-5-3-6-21(17-18)28-14-4-7-23(28)29/h3,5-6,8-11,17,20H,4,7,12-16H2,1-2H3,(H,25,30). The van der Waals surface area contributed by atoms with Crippen molar-refractivity contribution in [2.75, 3.05) is 43.9 Å². The van der Waals surface area contributed by atoms with Crippen molar-refractivity contribution in [3.8, 4) is 0 Å². The van der Waals surface area contributed by atoms with E-state index in [9.17, 15) is 18.0 Å². The summed E-state index contributed by atoms with van der Waals surface area (Å²) in [5.41, 5.74) is 1.65. The number of carbonyl (C=O) groups is 2. The molecule has 2 fully saturated rings. The molecule has 0 aromatic heterocycles. The molecule has 1 N–H and O–H groups in total. The molecule has 2 aliphatic rings. The largest absolute Gasteiger partial charge is 0.322 e. The van der Waals surface area contributed by atoms with Gasteiger partial charge in [0.05, 0.1) is 4.90 Å². The molecule has 2 aromatic carbocycles. The second-order valence-electron chi connectivity index (χ2n) is 8.73. The highest BCUT2D eigenvalue weighted by Gasteiger charge is 2.30. The minimum atomic E-state index is -3.61. The van der Waals surface area contributed by atoms with Crippen molar-refractivity contribution in [1.82, 2.24) is 9.21 Å². The van der Waals surface area contributed by atoms with Gasteiger partial charge in [0, 0.05) is 43.0 Å². The lowest BCUT2D eigenvalue weighted by Gasteiger charge is -2.34. The summed E-state index contributed by atoms with van der Waals surface area (Å²) in [4.78, 5) is 28.8. The molecule has 8 nitrogen and oxygen atoms in total. The van der Waals surface area contributed by atoms with Gasteiger partial charge < -0.3 is 15.1 Å². The fourth-order valence-electron chi connectivity index (χ4n) is 4.37. The zero-order chi connectivity index (χ0) is 23.6. The van der Waals surface area contributed by atoms with Gasteiger partial charge in [0.2, 0.25) is 15.9 Å². The van der Waals surface area contributed by atoms with Crippen LogP contribution in [0.4, 0.5) is 11.4 Å². The molecular weight excluding hydrogens is 440 g/mol. The number of hydrogen-bond acceptors (Lipinski definition) is 5. The van der Waals surface area contributed by atoms with Crippen molar-refractivity contribution in [3.63, 3.8) is 0 Å². The van der Waals surface area contributed by atoms with Crippen LogP contribution in [-0.2, 0) is 14.8 Å². The summed E-state index contributed by atoms with van der Waals surface area (Å²) >= 11 is 0. The van der Waals surface area contributed by atoms with E-state index in [2.05, 4.69) is 10.2 Å². The van der Waals surface area contributed by atoms with Gasteiger partial charge in [-0.15, -0.1) is 0 Å². The van der Waals surface area contributed by atoms with E-state index in [1.54, 1.807) is 42.3 Å². The molecule has 2 aliphatic heterocycles. The van der Waals surface area contributed by atoms with Crippen molar-refractivity contribution in [2.45, 2.75) is 36.6 Å². The van der Waals surface area contributed by atoms with Gasteiger partial charge in [-0.1, -0.05) is 6.07 Å². The quantitative estimate of drug-likeness (QED) is 0.701. The molecule has 0 bridgehead atoms. The van der Waals surface area contributed by atoms with Crippen LogP contribution in [-0.4, -0.2) is 69.2 Å². The van der Waals surface area contributed by atoms with Gasteiger partial charge in [-0.25, -0.2) is 8.42 Å². The number of carbonyl (C=O) groups excluding carboxylic acids is 2. The third kappa shape index (κ3) is 5.10. The van der Waals surface area contributed by atoms with E-state index in [1.807, 2.05) is 13.1 Å². The fraction of sp³-hybridized carbons (Fsp3) is 0.417. The van der Waals surface area contributed by atoms with Crippen molar-refractivity contribution in [1.29, 1.82) is 0 Å². The summed E-state index contributed by atoms with van der Waals surface area (Å²) in [7, 11) is 0.0704. The number of likely N-dealkylation sites (tertiary alicyclic amines) is 1. The average Bonchev–Trinajstić information content (AvgIpc) is 3.25. The lowest BCUT2D eigenvalue weighted by molar-refractivity contribution is -0.117. The Morgan fingerprint density at radius 1 is 1.06 bits per heavy atom. The first-order valence-electron chi connectivity index (χ1n) is 11.2. The zero-order valence-corrected chi connectivity index (χ0v) is 19.8. The Morgan fingerprint density at radius 2 is 1.76 bits per heavy atom. The van der Waals surface area contributed by atoms with Crippen LogP contribution in [0.25, 0.3) is 0 Å². The highest BCUT2D eigenvalue weighted by molar-refractivity contribution is 7.89. The molecule has 2 amide bonds. The zero-order valence-electron chi connectivity index (χ0n) is 19.0. The Kier molecular flexibility index (Phi) is 6.83. The Balaban J connectivity index is 1.43. The number of rotatable bonds is 6. The summed E-state index contributed by atoms with van der Waals surface area (Å²) in [6.07, 6.45) is 2.96. The minimum Gasteiger partial charge on any atom is -0.322 e. The van der Waals surface area contributed by atoms with E-state index >= 15 is 0 Å². The van der Waals surface area contributed by atoms with Crippen LogP contribution in [0.5, 0.6) is 0 Å². The van der Waals surface area contributed by atoms with E-state index in [-0.39, 0.29) is 22.8 Å². The first-order valence-corrected chi connectivity index (χ1v) is 12.7. The second-order valence-corrected chi connectivity index (χ2v) is 10.7. The molecule has 0 radical (unpaired) electrons. The summed E-state index contributed by atoms with van der Waals surface area (Å²) in [5, 5.41) is 2.81. The molecule has 0 unspecified atom stereocenters. The van der Waals surface area contributed by atoms with Crippen molar-refractivity contribution < 1.29 is 18.0 Å². The van der Waals surface area contributed by atoms with E-state index in [1.165, 1.54) is 16.4 Å². The first-order chi connectivity index (χ1) is 15.8. The first kappa shape index (κ1) is 23.4. The normalized spacial score (nSPS) is 18.2.